The van der Waals surface area contributed by atoms with E-state index in [1.54, 1.807) is 52.7 Å². The predicted octanol–water partition coefficient (Wildman–Crippen LogP) is 3.82. The number of amides is 2. The Morgan fingerprint density at radius 3 is 2.50 bits per heavy atom. The summed E-state index contributed by atoms with van der Waals surface area (Å²) < 4.78 is 15.1. The third kappa shape index (κ3) is 3.92. The Morgan fingerprint density at radius 1 is 1.14 bits per heavy atom. The highest BCUT2D eigenvalue weighted by molar-refractivity contribution is 6.05. The van der Waals surface area contributed by atoms with Gasteiger partial charge in [0.25, 0.3) is 11.8 Å². The third-order valence-electron chi connectivity index (χ3n) is 6.59. The van der Waals surface area contributed by atoms with Gasteiger partial charge in [0, 0.05) is 30.4 Å². The molecule has 1 fully saturated rings. The minimum atomic E-state index is -1.09. The van der Waals surface area contributed by atoms with E-state index in [1.807, 2.05) is 6.07 Å². The molecule has 186 valence electrons. The summed E-state index contributed by atoms with van der Waals surface area (Å²) in [6.45, 7) is 10.3. The maximum Gasteiger partial charge on any atom is 0.275 e. The maximum atomic E-state index is 13.7. The second kappa shape index (κ2) is 8.25. The number of carbonyl (C=O) groups is 2. The number of piperazine rings is 1. The van der Waals surface area contributed by atoms with Crippen molar-refractivity contribution in [1.82, 2.24) is 29.5 Å². The van der Waals surface area contributed by atoms with Crippen molar-refractivity contribution in [1.29, 1.82) is 0 Å². The smallest absolute Gasteiger partial charge is 0.275 e. The number of fused-ring (bicyclic) bond motifs is 1. The van der Waals surface area contributed by atoms with Gasteiger partial charge in [-0.15, -0.1) is 0 Å². The summed E-state index contributed by atoms with van der Waals surface area (Å²) in [7, 11) is 0. The lowest BCUT2D eigenvalue weighted by molar-refractivity contribution is -0.129. The number of nitrogens with one attached hydrogen (secondary N) is 1. The molecule has 5 rings (SSSR count). The van der Waals surface area contributed by atoms with Crippen LogP contribution in [0.3, 0.4) is 0 Å². The number of rotatable bonds is 3. The Kier molecular flexibility index (Phi) is 5.42. The molecule has 9 nitrogen and oxygen atoms in total. The van der Waals surface area contributed by atoms with E-state index in [1.165, 1.54) is 18.5 Å². The molecule has 1 aromatic carbocycles. The molecule has 0 spiro atoms. The summed E-state index contributed by atoms with van der Waals surface area (Å²) in [5.41, 5.74) is 1.68. The molecule has 4 heterocycles. The van der Waals surface area contributed by atoms with E-state index in [0.717, 1.165) is 11.1 Å². The van der Waals surface area contributed by atoms with Crippen LogP contribution in [-0.4, -0.2) is 59.9 Å². The molecule has 0 aliphatic carbocycles. The second-order valence-electron chi connectivity index (χ2n) is 10.5. The van der Waals surface area contributed by atoms with Gasteiger partial charge in [0.1, 0.15) is 17.1 Å². The number of anilines is 1. The standard InChI is InChI=1S/C26H28FN7O2/c1-25(2,3)18-12-19(16-6-8-17(27)9-7-16)31-34-14-20(30-22(18)34)23(35)33-11-10-32(21-13-28-15-29-21)24(36)26(33,4)5/h6-9,12-15H,10-11H2,1-5H3,(H,28,29). The predicted molar refractivity (Wildman–Crippen MR) is 133 cm³/mol. The number of benzene rings is 1. The van der Waals surface area contributed by atoms with Crippen molar-refractivity contribution in [3.8, 4) is 11.3 Å². The topological polar surface area (TPSA) is 99.5 Å². The fraction of sp³-hybridized carbons (Fsp3) is 0.346. The third-order valence-corrected chi connectivity index (χ3v) is 6.59. The summed E-state index contributed by atoms with van der Waals surface area (Å²) in [5, 5.41) is 4.67. The molecule has 0 unspecified atom stereocenters. The minimum absolute atomic E-state index is 0.207. The Balaban J connectivity index is 1.53. The van der Waals surface area contributed by atoms with Crippen LogP contribution in [0.5, 0.6) is 0 Å². The molecule has 1 aliphatic heterocycles. The van der Waals surface area contributed by atoms with Crippen LogP contribution >= 0.6 is 0 Å². The van der Waals surface area contributed by atoms with Gasteiger partial charge in [-0.25, -0.2) is 18.9 Å². The molecule has 3 aromatic heterocycles. The van der Waals surface area contributed by atoms with Crippen molar-refractivity contribution in [3.05, 3.63) is 66.1 Å². The van der Waals surface area contributed by atoms with E-state index in [4.69, 9.17) is 0 Å². The first kappa shape index (κ1) is 23.7. The van der Waals surface area contributed by atoms with Gasteiger partial charge in [-0.3, -0.25) is 14.5 Å². The van der Waals surface area contributed by atoms with Gasteiger partial charge in [-0.05, 0) is 49.6 Å². The summed E-state index contributed by atoms with van der Waals surface area (Å²) >= 11 is 0. The largest absolute Gasteiger partial charge is 0.349 e. The zero-order valence-electron chi connectivity index (χ0n) is 20.9. The van der Waals surface area contributed by atoms with E-state index < -0.39 is 5.54 Å². The molecule has 0 radical (unpaired) electrons. The van der Waals surface area contributed by atoms with E-state index in [-0.39, 0.29) is 28.7 Å². The molecule has 1 saturated heterocycles. The number of carbonyl (C=O) groups excluding carboxylic acids is 2. The summed E-state index contributed by atoms with van der Waals surface area (Å²) in [6.07, 6.45) is 4.77. The highest BCUT2D eigenvalue weighted by Gasteiger charge is 2.46. The van der Waals surface area contributed by atoms with Crippen LogP contribution in [0.25, 0.3) is 16.9 Å². The fourth-order valence-corrected chi connectivity index (χ4v) is 4.53. The molecule has 36 heavy (non-hydrogen) atoms. The number of aromatic nitrogens is 5. The fourth-order valence-electron chi connectivity index (χ4n) is 4.53. The molecule has 1 N–H and O–H groups in total. The lowest BCUT2D eigenvalue weighted by Gasteiger charge is -2.44. The first-order valence-corrected chi connectivity index (χ1v) is 11.8. The maximum absolute atomic E-state index is 13.7. The van der Waals surface area contributed by atoms with Crippen molar-refractivity contribution in [3.63, 3.8) is 0 Å². The molecule has 4 aromatic rings. The molecular weight excluding hydrogens is 461 g/mol. The minimum Gasteiger partial charge on any atom is -0.349 e. The zero-order valence-corrected chi connectivity index (χ0v) is 20.9. The molecule has 0 atom stereocenters. The molecule has 10 heteroatoms. The van der Waals surface area contributed by atoms with Crippen LogP contribution in [-0.2, 0) is 10.2 Å². The van der Waals surface area contributed by atoms with E-state index >= 15 is 0 Å². The van der Waals surface area contributed by atoms with Crippen molar-refractivity contribution < 1.29 is 14.0 Å². The quantitative estimate of drug-likeness (QED) is 0.472. The van der Waals surface area contributed by atoms with Crippen LogP contribution in [0.1, 0.15) is 50.7 Å². The van der Waals surface area contributed by atoms with Gasteiger partial charge < -0.3 is 9.88 Å². The molecule has 1 aliphatic rings. The number of halogens is 1. The highest BCUT2D eigenvalue weighted by atomic mass is 19.1. The zero-order chi connectivity index (χ0) is 25.8. The van der Waals surface area contributed by atoms with Gasteiger partial charge in [0.2, 0.25) is 0 Å². The Bertz CT molecular complexity index is 1450. The Labute approximate surface area is 208 Å². The van der Waals surface area contributed by atoms with Gasteiger partial charge in [0.05, 0.1) is 18.2 Å². The van der Waals surface area contributed by atoms with Crippen molar-refractivity contribution in [2.45, 2.75) is 45.6 Å². The van der Waals surface area contributed by atoms with Crippen LogP contribution < -0.4 is 4.90 Å². The average molecular weight is 490 g/mol. The molecule has 0 bridgehead atoms. The van der Waals surface area contributed by atoms with Gasteiger partial charge in [-0.1, -0.05) is 20.8 Å². The number of imidazole rings is 2. The number of hydrogen-bond acceptors (Lipinski definition) is 5. The van der Waals surface area contributed by atoms with E-state index in [0.29, 0.717) is 30.2 Å². The van der Waals surface area contributed by atoms with Crippen LogP contribution in [0.2, 0.25) is 0 Å². The highest BCUT2D eigenvalue weighted by Crippen LogP contribution is 2.31. The molecular formula is C26H28FN7O2. The number of H-pyrrole nitrogens is 1. The number of hydrogen-bond donors (Lipinski definition) is 1. The van der Waals surface area contributed by atoms with E-state index in [2.05, 4.69) is 40.8 Å². The lowest BCUT2D eigenvalue weighted by Crippen LogP contribution is -2.65. The second-order valence-corrected chi connectivity index (χ2v) is 10.5. The van der Waals surface area contributed by atoms with Crippen LogP contribution in [0, 0.1) is 5.82 Å². The Hall–Kier alpha value is -4.08. The van der Waals surface area contributed by atoms with Gasteiger partial charge in [0.15, 0.2) is 11.5 Å². The van der Waals surface area contributed by atoms with Crippen molar-refractivity contribution in [2.75, 3.05) is 18.0 Å². The van der Waals surface area contributed by atoms with Crippen molar-refractivity contribution in [2.24, 2.45) is 0 Å². The number of nitrogens with zero attached hydrogens (tertiary/aromatic N) is 6. The lowest BCUT2D eigenvalue weighted by atomic mass is 9.87. The summed E-state index contributed by atoms with van der Waals surface area (Å²) in [4.78, 5) is 41.8. The monoisotopic (exact) mass is 489 g/mol. The average Bonchev–Trinajstić information content (AvgIpc) is 3.49. The first-order valence-electron chi connectivity index (χ1n) is 11.8. The molecule has 2 amide bonds. The summed E-state index contributed by atoms with van der Waals surface area (Å²) in [6, 6.07) is 8.06. The first-order chi connectivity index (χ1) is 17.0. The normalized spacial score (nSPS) is 16.1. The van der Waals surface area contributed by atoms with Gasteiger partial charge in [-0.2, -0.15) is 5.10 Å². The van der Waals surface area contributed by atoms with E-state index in [9.17, 15) is 14.0 Å². The van der Waals surface area contributed by atoms with Gasteiger partial charge >= 0.3 is 0 Å². The Morgan fingerprint density at radius 2 is 1.86 bits per heavy atom. The van der Waals surface area contributed by atoms with Crippen molar-refractivity contribution >= 4 is 23.3 Å². The summed E-state index contributed by atoms with van der Waals surface area (Å²) in [5.74, 6) is -0.357. The SMILES string of the molecule is CC(C)(C)c1cc(-c2ccc(F)cc2)nn2cc(C(=O)N3CCN(c4c[nH]cn4)C(=O)C3(C)C)nc12. The molecule has 0 saturated carbocycles. The number of aromatic amines is 1. The van der Waals surface area contributed by atoms with Crippen LogP contribution in [0.4, 0.5) is 10.2 Å². The van der Waals surface area contributed by atoms with Crippen LogP contribution in [0.15, 0.2) is 49.1 Å².